The summed E-state index contributed by atoms with van der Waals surface area (Å²) in [5.74, 6) is -0.498. The average molecular weight is 397 g/mol. The highest BCUT2D eigenvalue weighted by molar-refractivity contribution is 6.31. The van der Waals surface area contributed by atoms with E-state index in [-0.39, 0.29) is 18.3 Å². The Hall–Kier alpha value is -2.12. The number of carbonyl (C=O) groups is 3. The summed E-state index contributed by atoms with van der Waals surface area (Å²) >= 11 is 5.99. The second-order valence-electron chi connectivity index (χ2n) is 6.57. The number of benzene rings is 1. The molecule has 2 unspecified atom stereocenters. The summed E-state index contributed by atoms with van der Waals surface area (Å²) in [5.41, 5.74) is 0.510. The summed E-state index contributed by atoms with van der Waals surface area (Å²) in [4.78, 5) is 37.6. The first-order valence-electron chi connectivity index (χ1n) is 8.98. The van der Waals surface area contributed by atoms with E-state index < -0.39 is 6.04 Å². The van der Waals surface area contributed by atoms with Crippen LogP contribution in [-0.4, -0.2) is 72.1 Å². The molecule has 0 bridgehead atoms. The summed E-state index contributed by atoms with van der Waals surface area (Å²) in [7, 11) is 1.38. The van der Waals surface area contributed by atoms with Crippen molar-refractivity contribution >= 4 is 29.9 Å². The van der Waals surface area contributed by atoms with Crippen LogP contribution >= 0.6 is 11.6 Å². The fourth-order valence-electron chi connectivity index (χ4n) is 3.78. The van der Waals surface area contributed by atoms with Gasteiger partial charge in [0.25, 0.3) is 12.4 Å². The van der Waals surface area contributed by atoms with Crippen LogP contribution in [-0.2, 0) is 14.3 Å². The molecule has 0 aliphatic carbocycles. The minimum absolute atomic E-state index is 0.159. The number of likely N-dealkylation sites (tertiary alicyclic amines) is 2. The number of carboxylic acid groups (broad SMARTS) is 1. The van der Waals surface area contributed by atoms with Crippen molar-refractivity contribution in [3.05, 3.63) is 34.9 Å². The van der Waals surface area contributed by atoms with E-state index in [1.54, 1.807) is 29.2 Å². The fraction of sp³-hybridized carbons (Fsp3) is 0.526. The van der Waals surface area contributed by atoms with Gasteiger partial charge in [-0.3, -0.25) is 9.59 Å². The molecule has 2 aliphatic rings. The number of ether oxygens (including phenoxy) is 1. The highest BCUT2D eigenvalue weighted by Crippen LogP contribution is 2.27. The van der Waals surface area contributed by atoms with Crippen LogP contribution in [0.2, 0.25) is 5.02 Å². The van der Waals surface area contributed by atoms with Crippen LogP contribution < -0.4 is 0 Å². The molecule has 7 nitrogen and oxygen atoms in total. The van der Waals surface area contributed by atoms with Gasteiger partial charge in [0.1, 0.15) is 6.04 Å². The van der Waals surface area contributed by atoms with Crippen molar-refractivity contribution in [3.8, 4) is 0 Å². The zero-order valence-corrected chi connectivity index (χ0v) is 16.1. The third-order valence-corrected chi connectivity index (χ3v) is 5.27. The number of carbonyl (C=O) groups excluding carboxylic acids is 2. The van der Waals surface area contributed by atoms with Gasteiger partial charge < -0.3 is 19.6 Å². The smallest absolute Gasteiger partial charge is 0.328 e. The van der Waals surface area contributed by atoms with Crippen molar-refractivity contribution in [1.29, 1.82) is 0 Å². The lowest BCUT2D eigenvalue weighted by Crippen LogP contribution is -2.54. The monoisotopic (exact) mass is 396 g/mol. The molecule has 2 atom stereocenters. The standard InChI is InChI=1S/C18H23ClN2O3.CH2O2/c1-24-18(23)16-12-15(20-8-2-3-9-20)7-10-21(16)17(22)13-5-4-6-14(19)11-13;2-1-3/h4-6,11,15-16H,2-3,7-10,12H2,1H3;1H,(H,2,3). The van der Waals surface area contributed by atoms with Crippen LogP contribution in [0, 0.1) is 0 Å². The predicted molar refractivity (Wildman–Crippen MR) is 101 cm³/mol. The van der Waals surface area contributed by atoms with E-state index in [9.17, 15) is 9.59 Å². The van der Waals surface area contributed by atoms with Crippen LogP contribution in [0.4, 0.5) is 0 Å². The largest absolute Gasteiger partial charge is 0.483 e. The minimum atomic E-state index is -0.527. The number of methoxy groups -OCH3 is 1. The highest BCUT2D eigenvalue weighted by atomic mass is 35.5. The lowest BCUT2D eigenvalue weighted by Gasteiger charge is -2.41. The topological polar surface area (TPSA) is 87.2 Å². The Bertz CT molecular complexity index is 663. The minimum Gasteiger partial charge on any atom is -0.483 e. The highest BCUT2D eigenvalue weighted by Gasteiger charge is 2.39. The van der Waals surface area contributed by atoms with Gasteiger partial charge in [0, 0.05) is 23.2 Å². The molecule has 2 fully saturated rings. The number of nitrogens with zero attached hydrogens (tertiary/aromatic N) is 2. The molecule has 0 spiro atoms. The predicted octanol–water partition coefficient (Wildman–Crippen LogP) is 2.28. The maximum Gasteiger partial charge on any atom is 0.328 e. The maximum atomic E-state index is 12.9. The number of halogens is 1. The Balaban J connectivity index is 0.000000817. The summed E-state index contributed by atoms with van der Waals surface area (Å²) < 4.78 is 4.96. The van der Waals surface area contributed by atoms with E-state index >= 15 is 0 Å². The van der Waals surface area contributed by atoms with Crippen LogP contribution in [0.15, 0.2) is 24.3 Å². The van der Waals surface area contributed by atoms with Gasteiger partial charge in [-0.25, -0.2) is 4.79 Å². The maximum absolute atomic E-state index is 12.9. The molecule has 1 aromatic rings. The molecule has 27 heavy (non-hydrogen) atoms. The number of piperidine rings is 1. The molecule has 2 saturated heterocycles. The first-order valence-corrected chi connectivity index (χ1v) is 9.35. The fourth-order valence-corrected chi connectivity index (χ4v) is 3.97. The number of hydrogen-bond donors (Lipinski definition) is 1. The number of hydrogen-bond acceptors (Lipinski definition) is 5. The molecule has 1 aromatic carbocycles. The van der Waals surface area contributed by atoms with Crippen molar-refractivity contribution < 1.29 is 24.2 Å². The summed E-state index contributed by atoms with van der Waals surface area (Å²) in [6, 6.07) is 6.68. The summed E-state index contributed by atoms with van der Waals surface area (Å²) in [5, 5.41) is 7.41. The van der Waals surface area contributed by atoms with Crippen molar-refractivity contribution in [3.63, 3.8) is 0 Å². The molecule has 0 saturated carbocycles. The molecule has 0 aromatic heterocycles. The summed E-state index contributed by atoms with van der Waals surface area (Å²) in [6.07, 6.45) is 3.95. The van der Waals surface area contributed by atoms with Crippen molar-refractivity contribution in [1.82, 2.24) is 9.80 Å². The third-order valence-electron chi connectivity index (χ3n) is 5.04. The van der Waals surface area contributed by atoms with Crippen LogP contribution in [0.25, 0.3) is 0 Å². The van der Waals surface area contributed by atoms with E-state index in [1.165, 1.54) is 20.0 Å². The van der Waals surface area contributed by atoms with Crippen LogP contribution in [0.5, 0.6) is 0 Å². The summed E-state index contributed by atoms with van der Waals surface area (Å²) in [6.45, 7) is 2.48. The van der Waals surface area contributed by atoms with Crippen LogP contribution in [0.3, 0.4) is 0 Å². The van der Waals surface area contributed by atoms with Gasteiger partial charge in [0.2, 0.25) is 0 Å². The van der Waals surface area contributed by atoms with Gasteiger partial charge in [-0.15, -0.1) is 0 Å². The molecule has 1 amide bonds. The Morgan fingerprint density at radius 3 is 2.52 bits per heavy atom. The molecular weight excluding hydrogens is 372 g/mol. The lowest BCUT2D eigenvalue weighted by molar-refractivity contribution is -0.148. The van der Waals surface area contributed by atoms with Gasteiger partial charge in [0.15, 0.2) is 0 Å². The molecule has 1 N–H and O–H groups in total. The SMILES string of the molecule is COC(=O)C1CC(N2CCCC2)CCN1C(=O)c1cccc(Cl)c1.O=CO. The number of rotatable bonds is 3. The van der Waals surface area contributed by atoms with Gasteiger partial charge in [-0.05, 0) is 57.0 Å². The van der Waals surface area contributed by atoms with Crippen molar-refractivity contribution in [2.45, 2.75) is 37.8 Å². The van der Waals surface area contributed by atoms with E-state index in [1.807, 2.05) is 0 Å². The van der Waals surface area contributed by atoms with Crippen molar-refractivity contribution in [2.75, 3.05) is 26.7 Å². The Labute approximate surface area is 163 Å². The molecule has 8 heteroatoms. The Kier molecular flexibility index (Phi) is 8.06. The Morgan fingerprint density at radius 1 is 1.26 bits per heavy atom. The van der Waals surface area contributed by atoms with Gasteiger partial charge in [0.05, 0.1) is 7.11 Å². The van der Waals surface area contributed by atoms with E-state index in [0.29, 0.717) is 29.6 Å². The molecule has 2 heterocycles. The van der Waals surface area contributed by atoms with Crippen molar-refractivity contribution in [2.24, 2.45) is 0 Å². The zero-order valence-electron chi connectivity index (χ0n) is 15.3. The second kappa shape index (κ2) is 10.3. The molecule has 2 aliphatic heterocycles. The van der Waals surface area contributed by atoms with E-state index in [4.69, 9.17) is 26.2 Å². The second-order valence-corrected chi connectivity index (χ2v) is 7.01. The first kappa shape index (κ1) is 21.2. The van der Waals surface area contributed by atoms with Crippen LogP contribution in [0.1, 0.15) is 36.0 Å². The zero-order chi connectivity index (χ0) is 19.8. The lowest BCUT2D eigenvalue weighted by atomic mass is 9.95. The van der Waals surface area contributed by atoms with E-state index in [2.05, 4.69) is 4.90 Å². The molecule has 3 rings (SSSR count). The van der Waals surface area contributed by atoms with E-state index in [0.717, 1.165) is 19.5 Å². The van der Waals surface area contributed by atoms with Gasteiger partial charge in [-0.2, -0.15) is 0 Å². The molecule has 148 valence electrons. The van der Waals surface area contributed by atoms with Gasteiger partial charge >= 0.3 is 5.97 Å². The first-order chi connectivity index (χ1) is 13.0. The molecule has 0 radical (unpaired) electrons. The number of esters is 1. The number of amides is 1. The Morgan fingerprint density at radius 2 is 1.93 bits per heavy atom. The third kappa shape index (κ3) is 5.43. The van der Waals surface area contributed by atoms with Gasteiger partial charge in [-0.1, -0.05) is 17.7 Å². The average Bonchev–Trinajstić information content (AvgIpc) is 3.22. The molecular formula is C19H25ClN2O5. The quantitative estimate of drug-likeness (QED) is 0.623. The normalized spacial score (nSPS) is 22.5.